The lowest BCUT2D eigenvalue weighted by Gasteiger charge is -2.26. The van der Waals surface area contributed by atoms with E-state index in [0.29, 0.717) is 0 Å². The van der Waals surface area contributed by atoms with Crippen molar-refractivity contribution in [2.75, 3.05) is 4.90 Å². The summed E-state index contributed by atoms with van der Waals surface area (Å²) in [7, 11) is 0. The largest absolute Gasteiger partial charge is 0.310 e. The molecule has 2 aromatic heterocycles. The van der Waals surface area contributed by atoms with Gasteiger partial charge in [-0.2, -0.15) is 0 Å². The Morgan fingerprint density at radius 1 is 0.333 bits per heavy atom. The molecule has 0 atom stereocenters. The predicted octanol–water partition coefficient (Wildman–Crippen LogP) is 14.1. The van der Waals surface area contributed by atoms with Gasteiger partial charge in [-0.25, -0.2) is 0 Å². The molecule has 0 bridgehead atoms. The summed E-state index contributed by atoms with van der Waals surface area (Å²) in [5, 5.41) is 12.7. The molecule has 0 aliphatic rings. The van der Waals surface area contributed by atoms with Gasteiger partial charge in [-0.3, -0.25) is 0 Å². The number of thiophene rings is 1. The van der Waals surface area contributed by atoms with Gasteiger partial charge in [-0.05, 0) is 99.0 Å². The van der Waals surface area contributed by atoms with E-state index in [-0.39, 0.29) is 0 Å². The molecule has 2 nitrogen and oxygen atoms in total. The summed E-state index contributed by atoms with van der Waals surface area (Å²) in [6, 6.07) is 66.8. The van der Waals surface area contributed by atoms with E-state index < -0.39 is 0 Å². The zero-order valence-corrected chi connectivity index (χ0v) is 28.4. The van der Waals surface area contributed by atoms with Crippen LogP contribution in [0, 0.1) is 0 Å². The highest BCUT2D eigenvalue weighted by Crippen LogP contribution is 2.44. The Labute approximate surface area is 298 Å². The van der Waals surface area contributed by atoms with E-state index in [1.807, 2.05) is 11.3 Å². The van der Waals surface area contributed by atoms with Gasteiger partial charge in [0.1, 0.15) is 0 Å². The maximum absolute atomic E-state index is 2.43. The van der Waals surface area contributed by atoms with E-state index in [1.165, 1.54) is 74.3 Å². The third kappa shape index (κ3) is 4.35. The summed E-state index contributed by atoms with van der Waals surface area (Å²) in [5.74, 6) is 0. The van der Waals surface area contributed by atoms with Crippen LogP contribution in [0.25, 0.3) is 80.0 Å². The van der Waals surface area contributed by atoms with Crippen LogP contribution >= 0.6 is 11.3 Å². The highest BCUT2D eigenvalue weighted by atomic mass is 32.1. The Kier molecular flexibility index (Phi) is 6.16. The van der Waals surface area contributed by atoms with Crippen molar-refractivity contribution in [3.05, 3.63) is 182 Å². The molecule has 11 rings (SSSR count). The van der Waals surface area contributed by atoms with Crippen molar-refractivity contribution in [3.8, 4) is 5.69 Å². The number of fused-ring (bicyclic) bond motifs is 11. The molecule has 11 aromatic rings. The summed E-state index contributed by atoms with van der Waals surface area (Å²) < 4.78 is 4.99. The highest BCUT2D eigenvalue weighted by molar-refractivity contribution is 7.25. The number of hydrogen-bond acceptors (Lipinski definition) is 2. The minimum atomic E-state index is 1.13. The Bertz CT molecular complexity index is 3150. The number of anilines is 3. The first-order chi connectivity index (χ1) is 25.3. The fourth-order valence-electron chi connectivity index (χ4n) is 8.21. The average molecular weight is 667 g/mol. The van der Waals surface area contributed by atoms with Crippen molar-refractivity contribution in [2.24, 2.45) is 0 Å². The highest BCUT2D eigenvalue weighted by Gasteiger charge is 2.19. The first kappa shape index (κ1) is 28.4. The molecule has 0 fully saturated rings. The van der Waals surface area contributed by atoms with Crippen LogP contribution in [0.15, 0.2) is 182 Å². The third-order valence-electron chi connectivity index (χ3n) is 10.5. The van der Waals surface area contributed by atoms with Gasteiger partial charge in [0, 0.05) is 53.7 Å². The number of benzene rings is 9. The van der Waals surface area contributed by atoms with Crippen LogP contribution in [0.2, 0.25) is 0 Å². The van der Waals surface area contributed by atoms with Gasteiger partial charge < -0.3 is 9.47 Å². The minimum absolute atomic E-state index is 1.13. The molecule has 0 aliphatic heterocycles. The number of nitrogens with zero attached hydrogens (tertiary/aromatic N) is 2. The summed E-state index contributed by atoms with van der Waals surface area (Å²) in [4.78, 5) is 2.43. The maximum Gasteiger partial charge on any atom is 0.0542 e. The molecular weight excluding hydrogens is 637 g/mol. The van der Waals surface area contributed by atoms with Gasteiger partial charge in [-0.15, -0.1) is 11.3 Å². The molecule has 3 heteroatoms. The maximum atomic E-state index is 2.43. The van der Waals surface area contributed by atoms with Crippen LogP contribution in [0.1, 0.15) is 0 Å². The average Bonchev–Trinajstić information content (AvgIpc) is 3.73. The first-order valence-corrected chi connectivity index (χ1v) is 18.2. The van der Waals surface area contributed by atoms with Crippen molar-refractivity contribution in [1.82, 2.24) is 4.57 Å². The van der Waals surface area contributed by atoms with Crippen LogP contribution in [0.3, 0.4) is 0 Å². The van der Waals surface area contributed by atoms with E-state index in [9.17, 15) is 0 Å². The van der Waals surface area contributed by atoms with E-state index >= 15 is 0 Å². The Hall–Kier alpha value is -6.42. The summed E-state index contributed by atoms with van der Waals surface area (Å²) >= 11 is 1.86. The van der Waals surface area contributed by atoms with Gasteiger partial charge >= 0.3 is 0 Å². The number of aromatic nitrogens is 1. The van der Waals surface area contributed by atoms with Gasteiger partial charge in [0.25, 0.3) is 0 Å². The second-order valence-corrected chi connectivity index (χ2v) is 14.4. The van der Waals surface area contributed by atoms with Gasteiger partial charge in [0.15, 0.2) is 0 Å². The summed E-state index contributed by atoms with van der Waals surface area (Å²) in [5.41, 5.74) is 6.98. The molecular formula is C48H30N2S. The topological polar surface area (TPSA) is 8.17 Å². The molecule has 0 aliphatic carbocycles. The van der Waals surface area contributed by atoms with E-state index in [2.05, 4.69) is 191 Å². The van der Waals surface area contributed by atoms with Crippen LogP contribution in [-0.2, 0) is 0 Å². The van der Waals surface area contributed by atoms with Gasteiger partial charge in [0.2, 0.25) is 0 Å². The quantitative estimate of drug-likeness (QED) is 0.170. The lowest BCUT2D eigenvalue weighted by atomic mass is 9.96. The molecule has 0 saturated heterocycles. The first-order valence-electron chi connectivity index (χ1n) is 17.4. The molecule has 9 aromatic carbocycles. The fraction of sp³-hybridized carbons (Fsp3) is 0. The predicted molar refractivity (Wildman–Crippen MR) is 221 cm³/mol. The standard InChI is InChI=1S/C48H30N2S/c1-2-11-33(12-3-1)50-45-16-8-6-14-41(45)44-29-35(22-27-46(44)50)49(36-21-26-43-42-15-7-9-17-47(42)51-48(43)30-36)34-20-25-38-32(28-34)19-24-39-37-13-5-4-10-31(37)18-23-40(38)39/h1-30H. The third-order valence-corrected chi connectivity index (χ3v) is 11.7. The van der Waals surface area contributed by atoms with Gasteiger partial charge in [-0.1, -0.05) is 115 Å². The lowest BCUT2D eigenvalue weighted by molar-refractivity contribution is 1.18. The summed E-state index contributed by atoms with van der Waals surface area (Å²) in [6.45, 7) is 0. The van der Waals surface area contributed by atoms with Crippen molar-refractivity contribution in [2.45, 2.75) is 0 Å². The second-order valence-electron chi connectivity index (χ2n) is 13.4. The minimum Gasteiger partial charge on any atom is -0.310 e. The SMILES string of the molecule is c1ccc(-n2c3ccccc3c3cc(N(c4ccc5c(ccc6c7ccccc7ccc56)c4)c4ccc5c(c4)sc4ccccc45)ccc32)cc1. The van der Waals surface area contributed by atoms with Crippen LogP contribution in [-0.4, -0.2) is 4.57 Å². The van der Waals surface area contributed by atoms with Crippen LogP contribution in [0.5, 0.6) is 0 Å². The molecule has 2 heterocycles. The zero-order valence-electron chi connectivity index (χ0n) is 27.6. The van der Waals surface area contributed by atoms with Crippen LogP contribution in [0.4, 0.5) is 17.1 Å². The summed E-state index contributed by atoms with van der Waals surface area (Å²) in [6.07, 6.45) is 0. The monoisotopic (exact) mass is 666 g/mol. The molecule has 0 N–H and O–H groups in total. The molecule has 0 radical (unpaired) electrons. The number of rotatable bonds is 4. The van der Waals surface area contributed by atoms with E-state index in [4.69, 9.17) is 0 Å². The second kappa shape index (κ2) is 11.0. The Morgan fingerprint density at radius 3 is 1.76 bits per heavy atom. The lowest BCUT2D eigenvalue weighted by Crippen LogP contribution is -2.10. The Balaban J connectivity index is 1.15. The number of para-hydroxylation sites is 2. The van der Waals surface area contributed by atoms with Crippen LogP contribution < -0.4 is 4.90 Å². The van der Waals surface area contributed by atoms with Crippen molar-refractivity contribution >= 4 is 103 Å². The smallest absolute Gasteiger partial charge is 0.0542 e. The molecule has 0 spiro atoms. The van der Waals surface area contributed by atoms with Gasteiger partial charge in [0.05, 0.1) is 11.0 Å². The van der Waals surface area contributed by atoms with Crippen molar-refractivity contribution in [1.29, 1.82) is 0 Å². The Morgan fingerprint density at radius 2 is 0.902 bits per heavy atom. The van der Waals surface area contributed by atoms with Crippen molar-refractivity contribution in [3.63, 3.8) is 0 Å². The van der Waals surface area contributed by atoms with E-state index in [0.717, 1.165) is 22.7 Å². The zero-order chi connectivity index (χ0) is 33.5. The molecule has 51 heavy (non-hydrogen) atoms. The molecule has 0 unspecified atom stereocenters. The normalized spacial score (nSPS) is 11.9. The fourth-order valence-corrected chi connectivity index (χ4v) is 9.35. The number of hydrogen-bond donors (Lipinski definition) is 0. The molecule has 238 valence electrons. The molecule has 0 saturated carbocycles. The van der Waals surface area contributed by atoms with Crippen molar-refractivity contribution < 1.29 is 0 Å². The van der Waals surface area contributed by atoms with E-state index in [1.54, 1.807) is 0 Å². The molecule has 0 amide bonds.